The molecule has 1 N–H and O–H groups in total. The van der Waals surface area contributed by atoms with Gasteiger partial charge in [0.25, 0.3) is 0 Å². The summed E-state index contributed by atoms with van der Waals surface area (Å²) in [7, 11) is -3.88. The van der Waals surface area contributed by atoms with Crippen molar-refractivity contribution in [2.24, 2.45) is 0 Å². The highest BCUT2D eigenvalue weighted by Gasteiger charge is 2.33. The second-order valence-electron chi connectivity index (χ2n) is 9.39. The van der Waals surface area contributed by atoms with Crippen LogP contribution in [0.1, 0.15) is 31.4 Å². The minimum absolute atomic E-state index is 0.157. The molecule has 0 spiro atoms. The van der Waals surface area contributed by atoms with Crippen molar-refractivity contribution >= 4 is 43.5 Å². The normalized spacial score (nSPS) is 12.8. The third-order valence-corrected chi connectivity index (χ3v) is 7.98. The van der Waals surface area contributed by atoms with Gasteiger partial charge in [-0.3, -0.25) is 13.9 Å². The van der Waals surface area contributed by atoms with Gasteiger partial charge in [0.15, 0.2) is 0 Å². The van der Waals surface area contributed by atoms with E-state index in [0.29, 0.717) is 10.9 Å². The van der Waals surface area contributed by atoms with E-state index in [1.165, 1.54) is 11.0 Å². The zero-order chi connectivity index (χ0) is 28.6. The van der Waals surface area contributed by atoms with Crippen LogP contribution in [0.4, 0.5) is 10.1 Å². The van der Waals surface area contributed by atoms with Crippen molar-refractivity contribution in [2.45, 2.75) is 45.3 Å². The van der Waals surface area contributed by atoms with Gasteiger partial charge >= 0.3 is 0 Å². The van der Waals surface area contributed by atoms with Crippen molar-refractivity contribution in [2.75, 3.05) is 17.1 Å². The Morgan fingerprint density at radius 3 is 2.28 bits per heavy atom. The molecule has 0 aromatic heterocycles. The van der Waals surface area contributed by atoms with E-state index in [1.807, 2.05) is 44.2 Å². The molecule has 3 rings (SSSR count). The number of sulfonamides is 1. The molecule has 3 aromatic carbocycles. The van der Waals surface area contributed by atoms with Gasteiger partial charge in [-0.1, -0.05) is 77.5 Å². The molecule has 2 amide bonds. The molecule has 0 aliphatic rings. The Morgan fingerprint density at radius 1 is 1.00 bits per heavy atom. The number of carbonyl (C=O) groups excluding carboxylic acids is 2. The van der Waals surface area contributed by atoms with Crippen LogP contribution in [-0.4, -0.2) is 50.0 Å². The lowest BCUT2D eigenvalue weighted by molar-refractivity contribution is -0.140. The van der Waals surface area contributed by atoms with Crippen molar-refractivity contribution in [3.8, 4) is 0 Å². The van der Waals surface area contributed by atoms with Crippen LogP contribution >= 0.6 is 15.9 Å². The molecule has 0 heterocycles. The Labute approximate surface area is 238 Å². The van der Waals surface area contributed by atoms with Gasteiger partial charge < -0.3 is 10.2 Å². The van der Waals surface area contributed by atoms with Gasteiger partial charge in [-0.25, -0.2) is 12.8 Å². The Morgan fingerprint density at radius 2 is 1.67 bits per heavy atom. The van der Waals surface area contributed by atoms with Crippen LogP contribution in [0, 0.1) is 5.82 Å². The largest absolute Gasteiger partial charge is 0.352 e. The fourth-order valence-corrected chi connectivity index (χ4v) is 5.28. The van der Waals surface area contributed by atoms with Gasteiger partial charge in [-0.05, 0) is 43.2 Å². The number of nitrogens with zero attached hydrogens (tertiary/aromatic N) is 2. The number of anilines is 1. The zero-order valence-electron chi connectivity index (χ0n) is 22.2. The molecule has 3 aromatic rings. The molecule has 0 fully saturated rings. The predicted octanol–water partition coefficient (Wildman–Crippen LogP) is 4.91. The Kier molecular flexibility index (Phi) is 10.7. The van der Waals surface area contributed by atoms with E-state index >= 15 is 0 Å². The maximum Gasteiger partial charge on any atom is 0.244 e. The van der Waals surface area contributed by atoms with Crippen molar-refractivity contribution < 1.29 is 22.4 Å². The summed E-state index contributed by atoms with van der Waals surface area (Å²) in [4.78, 5) is 28.8. The molecule has 0 radical (unpaired) electrons. The average molecular weight is 619 g/mol. The van der Waals surface area contributed by atoms with Gasteiger partial charge in [-0.2, -0.15) is 0 Å². The number of rotatable bonds is 12. The zero-order valence-corrected chi connectivity index (χ0v) is 24.6. The van der Waals surface area contributed by atoms with Crippen LogP contribution < -0.4 is 9.62 Å². The van der Waals surface area contributed by atoms with E-state index in [-0.39, 0.29) is 30.3 Å². The molecular formula is C29H33BrFN3O4S. The van der Waals surface area contributed by atoms with Crippen molar-refractivity contribution in [1.29, 1.82) is 0 Å². The molecule has 208 valence electrons. The number of amides is 2. The minimum Gasteiger partial charge on any atom is -0.352 e. The number of hydrogen-bond acceptors (Lipinski definition) is 4. The van der Waals surface area contributed by atoms with Crippen LogP contribution in [0.15, 0.2) is 83.3 Å². The highest BCUT2D eigenvalue weighted by molar-refractivity contribution is 9.10. The number of nitrogens with one attached hydrogen (secondary N) is 1. The van der Waals surface area contributed by atoms with Gasteiger partial charge in [0.05, 0.1) is 11.9 Å². The fraction of sp³-hybridized carbons (Fsp3) is 0.310. The number of carbonyl (C=O) groups is 2. The van der Waals surface area contributed by atoms with E-state index < -0.39 is 40.2 Å². The molecule has 0 aliphatic carbocycles. The maximum absolute atomic E-state index is 14.8. The van der Waals surface area contributed by atoms with Gasteiger partial charge in [0.2, 0.25) is 21.8 Å². The first-order valence-corrected chi connectivity index (χ1v) is 15.2. The molecule has 0 saturated carbocycles. The lowest BCUT2D eigenvalue weighted by Crippen LogP contribution is -2.54. The summed E-state index contributed by atoms with van der Waals surface area (Å²) in [5, 5.41) is 2.94. The second-order valence-corrected chi connectivity index (χ2v) is 12.2. The van der Waals surface area contributed by atoms with Crippen molar-refractivity contribution in [1.82, 2.24) is 10.2 Å². The lowest BCUT2D eigenvalue weighted by Gasteiger charge is -2.34. The summed E-state index contributed by atoms with van der Waals surface area (Å²) >= 11 is 3.34. The first-order chi connectivity index (χ1) is 18.5. The summed E-state index contributed by atoms with van der Waals surface area (Å²) in [6.07, 6.45) is 1.86. The monoisotopic (exact) mass is 617 g/mol. The first kappa shape index (κ1) is 30.3. The van der Waals surface area contributed by atoms with Crippen molar-refractivity contribution in [3.05, 3.63) is 100 Å². The van der Waals surface area contributed by atoms with Gasteiger partial charge in [-0.15, -0.1) is 0 Å². The smallest absolute Gasteiger partial charge is 0.244 e. The molecule has 7 nitrogen and oxygen atoms in total. The molecule has 0 bridgehead atoms. The number of benzene rings is 3. The third-order valence-electron chi connectivity index (χ3n) is 6.35. The molecule has 0 aliphatic heterocycles. The lowest BCUT2D eigenvalue weighted by atomic mass is 10.0. The molecular weight excluding hydrogens is 585 g/mol. The standard InChI is InChI=1S/C29H33BrFN3O4S/c1-4-21(2)32-29(36)27(17-22-11-6-5-7-12-22)33(19-23-13-8-9-16-26(23)31)28(35)20-34(39(3,37)38)25-15-10-14-24(30)18-25/h5-16,18,21,27H,4,17,19-20H2,1-3H3,(H,32,36). The first-order valence-electron chi connectivity index (χ1n) is 12.6. The van der Waals surface area contributed by atoms with Gasteiger partial charge in [0, 0.05) is 29.0 Å². The van der Waals surface area contributed by atoms with Crippen LogP contribution in [0.25, 0.3) is 0 Å². The van der Waals surface area contributed by atoms with Crippen LogP contribution in [0.3, 0.4) is 0 Å². The summed E-state index contributed by atoms with van der Waals surface area (Å²) in [5.74, 6) is -1.56. The second kappa shape index (κ2) is 13.7. The maximum atomic E-state index is 14.8. The Hall–Kier alpha value is -3.24. The van der Waals surface area contributed by atoms with E-state index in [4.69, 9.17) is 0 Å². The molecule has 10 heteroatoms. The summed E-state index contributed by atoms with van der Waals surface area (Å²) in [6.45, 7) is 3.01. The van der Waals surface area contributed by atoms with Crippen molar-refractivity contribution in [3.63, 3.8) is 0 Å². The minimum atomic E-state index is -3.88. The highest BCUT2D eigenvalue weighted by Crippen LogP contribution is 2.24. The fourth-order valence-electron chi connectivity index (χ4n) is 4.05. The molecule has 2 unspecified atom stereocenters. The summed E-state index contributed by atoms with van der Waals surface area (Å²) in [5.41, 5.74) is 1.31. The average Bonchev–Trinajstić information content (AvgIpc) is 2.89. The molecule has 39 heavy (non-hydrogen) atoms. The van der Waals surface area contributed by atoms with E-state index in [1.54, 1.807) is 42.5 Å². The highest BCUT2D eigenvalue weighted by atomic mass is 79.9. The topological polar surface area (TPSA) is 86.8 Å². The van der Waals surface area contributed by atoms with Crippen LogP contribution in [0.2, 0.25) is 0 Å². The molecule has 0 saturated heterocycles. The summed E-state index contributed by atoms with van der Waals surface area (Å²) in [6, 6.07) is 20.6. The Bertz CT molecular complexity index is 1390. The van der Waals surface area contributed by atoms with E-state index in [9.17, 15) is 22.4 Å². The van der Waals surface area contributed by atoms with E-state index in [0.717, 1.165) is 16.1 Å². The quantitative estimate of drug-likeness (QED) is 0.313. The Balaban J connectivity index is 2.07. The predicted molar refractivity (Wildman–Crippen MR) is 155 cm³/mol. The SMILES string of the molecule is CCC(C)NC(=O)C(Cc1ccccc1)N(Cc1ccccc1F)C(=O)CN(c1cccc(Br)c1)S(C)(=O)=O. The number of hydrogen-bond donors (Lipinski definition) is 1. The van der Waals surface area contributed by atoms with Crippen LogP contribution in [-0.2, 0) is 32.6 Å². The summed E-state index contributed by atoms with van der Waals surface area (Å²) < 4.78 is 42.0. The van der Waals surface area contributed by atoms with Crippen LogP contribution in [0.5, 0.6) is 0 Å². The van der Waals surface area contributed by atoms with E-state index in [2.05, 4.69) is 21.2 Å². The van der Waals surface area contributed by atoms with Gasteiger partial charge in [0.1, 0.15) is 18.4 Å². The number of halogens is 2. The third kappa shape index (κ3) is 8.63. The molecule has 2 atom stereocenters.